The van der Waals surface area contributed by atoms with Crippen molar-refractivity contribution in [2.45, 2.75) is 64.7 Å². The highest BCUT2D eigenvalue weighted by Gasteiger charge is 2.51. The van der Waals surface area contributed by atoms with Gasteiger partial charge in [-0.05, 0) is 40.2 Å². The zero-order chi connectivity index (χ0) is 18.7. The largest absolute Gasteiger partial charge is 0.444 e. The first-order valence-corrected chi connectivity index (χ1v) is 8.41. The quantitative estimate of drug-likeness (QED) is 0.764. The van der Waals surface area contributed by atoms with Gasteiger partial charge in [0.05, 0.1) is 13.2 Å². The number of aldehydes is 1. The lowest BCUT2D eigenvalue weighted by Crippen LogP contribution is -2.51. The van der Waals surface area contributed by atoms with E-state index in [-0.39, 0.29) is 6.61 Å². The van der Waals surface area contributed by atoms with E-state index in [9.17, 15) is 9.59 Å². The summed E-state index contributed by atoms with van der Waals surface area (Å²) in [5, 5.41) is 0. The van der Waals surface area contributed by atoms with E-state index in [4.69, 9.17) is 14.2 Å². The highest BCUT2D eigenvalue weighted by Crippen LogP contribution is 2.33. The minimum absolute atomic E-state index is 0.209. The fourth-order valence-electron chi connectivity index (χ4n) is 2.82. The smallest absolute Gasteiger partial charge is 0.413 e. The van der Waals surface area contributed by atoms with Crippen LogP contribution in [0.25, 0.3) is 0 Å². The van der Waals surface area contributed by atoms with E-state index in [1.807, 2.05) is 30.3 Å². The van der Waals surface area contributed by atoms with Crippen molar-refractivity contribution in [3.8, 4) is 0 Å². The van der Waals surface area contributed by atoms with Crippen LogP contribution in [0.3, 0.4) is 0 Å². The van der Waals surface area contributed by atoms with E-state index in [1.165, 1.54) is 4.90 Å². The van der Waals surface area contributed by atoms with Crippen LogP contribution >= 0.6 is 0 Å². The van der Waals surface area contributed by atoms with Crippen LogP contribution in [0.5, 0.6) is 0 Å². The van der Waals surface area contributed by atoms with E-state index in [1.54, 1.807) is 34.6 Å². The Morgan fingerprint density at radius 3 is 2.48 bits per heavy atom. The topological polar surface area (TPSA) is 65.1 Å². The molecule has 0 unspecified atom stereocenters. The van der Waals surface area contributed by atoms with Crippen LogP contribution in [-0.4, -0.2) is 47.4 Å². The molecule has 1 aromatic carbocycles. The van der Waals surface area contributed by atoms with Crippen LogP contribution in [0, 0.1) is 0 Å². The van der Waals surface area contributed by atoms with Gasteiger partial charge in [-0.2, -0.15) is 0 Å². The van der Waals surface area contributed by atoms with Crippen molar-refractivity contribution in [3.05, 3.63) is 35.9 Å². The number of ether oxygens (including phenoxy) is 3. The van der Waals surface area contributed by atoms with E-state index >= 15 is 0 Å². The highest BCUT2D eigenvalue weighted by molar-refractivity contribution is 5.75. The van der Waals surface area contributed by atoms with Crippen molar-refractivity contribution in [3.63, 3.8) is 0 Å². The molecule has 0 aromatic heterocycles. The lowest BCUT2D eigenvalue weighted by Gasteiger charge is -2.33. The summed E-state index contributed by atoms with van der Waals surface area (Å²) < 4.78 is 17.0. The fourth-order valence-corrected chi connectivity index (χ4v) is 2.82. The molecule has 1 aliphatic rings. The monoisotopic (exact) mass is 349 g/mol. The molecule has 0 N–H and O–H groups in total. The number of carbonyl (C=O) groups excluding carboxylic acids is 2. The van der Waals surface area contributed by atoms with Gasteiger partial charge in [0.1, 0.15) is 29.8 Å². The molecule has 1 saturated heterocycles. The molecule has 0 spiro atoms. The Bertz CT molecular complexity index is 594. The molecule has 2 rings (SSSR count). The van der Waals surface area contributed by atoms with Crippen molar-refractivity contribution < 1.29 is 23.8 Å². The van der Waals surface area contributed by atoms with E-state index < -0.39 is 29.6 Å². The molecule has 25 heavy (non-hydrogen) atoms. The molecular formula is C19H27NO5. The van der Waals surface area contributed by atoms with Crippen LogP contribution < -0.4 is 0 Å². The first-order chi connectivity index (χ1) is 11.6. The van der Waals surface area contributed by atoms with Gasteiger partial charge in [0.15, 0.2) is 0 Å². The summed E-state index contributed by atoms with van der Waals surface area (Å²) in [4.78, 5) is 25.5. The van der Waals surface area contributed by atoms with Crippen LogP contribution in [0.1, 0.15) is 40.2 Å². The van der Waals surface area contributed by atoms with Crippen LogP contribution in [0.2, 0.25) is 0 Å². The van der Waals surface area contributed by atoms with Gasteiger partial charge in [-0.25, -0.2) is 4.79 Å². The SMILES string of the molecule is CC(C)(C)OC(=O)N1[C@H](C=O)[C@@H](COCc2ccccc2)OC1(C)C. The third-order valence-corrected chi connectivity index (χ3v) is 3.82. The zero-order valence-corrected chi connectivity index (χ0v) is 15.5. The molecule has 6 heteroatoms. The second-order valence-corrected chi connectivity index (χ2v) is 7.58. The Morgan fingerprint density at radius 1 is 1.28 bits per heavy atom. The van der Waals surface area contributed by atoms with Crippen molar-refractivity contribution in [1.82, 2.24) is 4.90 Å². The minimum atomic E-state index is -0.950. The van der Waals surface area contributed by atoms with Gasteiger partial charge in [0.2, 0.25) is 0 Å². The average Bonchev–Trinajstić information content (AvgIpc) is 2.76. The molecule has 1 aliphatic heterocycles. The number of hydrogen-bond donors (Lipinski definition) is 0. The third kappa shape index (κ3) is 5.03. The number of benzene rings is 1. The number of amides is 1. The van der Waals surface area contributed by atoms with E-state index in [0.717, 1.165) is 11.8 Å². The molecule has 1 heterocycles. The van der Waals surface area contributed by atoms with Gasteiger partial charge in [-0.15, -0.1) is 0 Å². The van der Waals surface area contributed by atoms with Gasteiger partial charge < -0.3 is 19.0 Å². The molecule has 1 amide bonds. The standard InChI is InChI=1S/C19H27NO5/c1-18(2,3)25-17(22)20-15(11-21)16(24-19(20,4)5)13-23-12-14-9-7-6-8-10-14/h6-11,15-16H,12-13H2,1-5H3/t15-,16-/m1/s1. The van der Waals surface area contributed by atoms with E-state index in [0.29, 0.717) is 6.61 Å². The number of hydrogen-bond acceptors (Lipinski definition) is 5. The lowest BCUT2D eigenvalue weighted by molar-refractivity contribution is -0.113. The number of rotatable bonds is 5. The molecule has 0 bridgehead atoms. The summed E-state index contributed by atoms with van der Waals surface area (Å²) in [7, 11) is 0. The molecule has 6 nitrogen and oxygen atoms in total. The Labute approximate surface area is 149 Å². The van der Waals surface area contributed by atoms with Gasteiger partial charge >= 0.3 is 6.09 Å². The maximum atomic E-state index is 12.5. The van der Waals surface area contributed by atoms with Crippen molar-refractivity contribution in [1.29, 1.82) is 0 Å². The third-order valence-electron chi connectivity index (χ3n) is 3.82. The molecule has 0 aliphatic carbocycles. The summed E-state index contributed by atoms with van der Waals surface area (Å²) in [6, 6.07) is 8.99. The molecule has 0 saturated carbocycles. The molecular weight excluding hydrogens is 322 g/mol. The second-order valence-electron chi connectivity index (χ2n) is 7.58. The van der Waals surface area contributed by atoms with Gasteiger partial charge in [0, 0.05) is 0 Å². The van der Waals surface area contributed by atoms with Crippen molar-refractivity contribution >= 4 is 12.4 Å². The second kappa shape index (κ2) is 7.54. The fraction of sp³-hybridized carbons (Fsp3) is 0.579. The van der Waals surface area contributed by atoms with Crippen LogP contribution in [0.4, 0.5) is 4.79 Å². The number of nitrogens with zero attached hydrogens (tertiary/aromatic N) is 1. The summed E-state index contributed by atoms with van der Waals surface area (Å²) in [6.07, 6.45) is -0.390. The Hall–Kier alpha value is -1.92. The molecule has 2 atom stereocenters. The molecule has 1 fully saturated rings. The molecule has 1 aromatic rings. The summed E-state index contributed by atoms with van der Waals surface area (Å²) >= 11 is 0. The summed E-state index contributed by atoms with van der Waals surface area (Å²) in [6.45, 7) is 9.46. The minimum Gasteiger partial charge on any atom is -0.444 e. The molecule has 0 radical (unpaired) electrons. The van der Waals surface area contributed by atoms with Gasteiger partial charge in [-0.1, -0.05) is 30.3 Å². The predicted molar refractivity (Wildman–Crippen MR) is 93.0 cm³/mol. The molecule has 138 valence electrons. The predicted octanol–water partition coefficient (Wildman–Crippen LogP) is 3.14. The Balaban J connectivity index is 2.02. The van der Waals surface area contributed by atoms with Crippen molar-refractivity contribution in [2.24, 2.45) is 0 Å². The maximum Gasteiger partial charge on any atom is 0.413 e. The maximum absolute atomic E-state index is 12.5. The van der Waals surface area contributed by atoms with E-state index in [2.05, 4.69) is 0 Å². The first kappa shape index (κ1) is 19.4. The zero-order valence-electron chi connectivity index (χ0n) is 15.5. The van der Waals surface area contributed by atoms with Gasteiger partial charge in [-0.3, -0.25) is 4.90 Å². The average molecular weight is 349 g/mol. The Morgan fingerprint density at radius 2 is 1.92 bits per heavy atom. The normalized spacial score (nSPS) is 22.7. The lowest BCUT2D eigenvalue weighted by atomic mass is 10.1. The first-order valence-electron chi connectivity index (χ1n) is 8.41. The van der Waals surface area contributed by atoms with Crippen LogP contribution in [0.15, 0.2) is 30.3 Å². The number of carbonyl (C=O) groups is 2. The van der Waals surface area contributed by atoms with Crippen LogP contribution in [-0.2, 0) is 25.6 Å². The highest BCUT2D eigenvalue weighted by atomic mass is 16.6. The van der Waals surface area contributed by atoms with Crippen molar-refractivity contribution in [2.75, 3.05) is 6.61 Å². The van der Waals surface area contributed by atoms with Gasteiger partial charge in [0.25, 0.3) is 0 Å². The summed E-state index contributed by atoms with van der Waals surface area (Å²) in [5.41, 5.74) is -0.566. The summed E-state index contributed by atoms with van der Waals surface area (Å²) in [5.74, 6) is 0. The Kier molecular flexibility index (Phi) is 5.85.